The zero-order chi connectivity index (χ0) is 10.6. The second-order valence-corrected chi connectivity index (χ2v) is 3.67. The second kappa shape index (κ2) is 4.50. The maximum atomic E-state index is 14.0. The molecule has 1 heterocycles. The molecule has 4 nitrogen and oxygen atoms in total. The first-order valence-electron chi connectivity index (χ1n) is 4.84. The fraction of sp³-hybridized carbons (Fsp3) is 0.778. The topological polar surface area (TPSA) is 56.7 Å². The highest BCUT2D eigenvalue weighted by atomic mass is 19.1. The summed E-state index contributed by atoms with van der Waals surface area (Å²) in [4.78, 5) is 0. The molecule has 1 rings (SSSR count). The fourth-order valence-electron chi connectivity index (χ4n) is 1.51. The van der Waals surface area contributed by atoms with Gasteiger partial charge in [-0.2, -0.15) is 0 Å². The molecule has 80 valence electrons. The number of aryl methyl sites for hydroxylation is 1. The van der Waals surface area contributed by atoms with Crippen LogP contribution in [0.2, 0.25) is 0 Å². The molecule has 0 aromatic carbocycles. The van der Waals surface area contributed by atoms with Crippen LogP contribution in [-0.4, -0.2) is 27.2 Å². The van der Waals surface area contributed by atoms with Crippen molar-refractivity contribution in [3.05, 3.63) is 11.9 Å². The lowest BCUT2D eigenvalue weighted by molar-refractivity contribution is 0.157. The molecule has 0 aliphatic carbocycles. The summed E-state index contributed by atoms with van der Waals surface area (Å²) >= 11 is 0. The quantitative estimate of drug-likeness (QED) is 0.765. The van der Waals surface area contributed by atoms with Crippen molar-refractivity contribution in [3.63, 3.8) is 0 Å². The molecule has 14 heavy (non-hydrogen) atoms. The first-order chi connectivity index (χ1) is 6.59. The van der Waals surface area contributed by atoms with Gasteiger partial charge in [0.15, 0.2) is 0 Å². The number of hydrogen-bond donors (Lipinski definition) is 1. The Morgan fingerprint density at radius 2 is 2.36 bits per heavy atom. The van der Waals surface area contributed by atoms with Crippen molar-refractivity contribution in [1.29, 1.82) is 0 Å². The molecular weight excluding hydrogens is 183 g/mol. The van der Waals surface area contributed by atoms with Gasteiger partial charge < -0.3 is 5.73 Å². The van der Waals surface area contributed by atoms with Gasteiger partial charge in [-0.25, -0.2) is 4.39 Å². The molecule has 0 amide bonds. The van der Waals surface area contributed by atoms with Crippen LogP contribution in [0.5, 0.6) is 0 Å². The summed E-state index contributed by atoms with van der Waals surface area (Å²) in [6, 6.07) is 0. The van der Waals surface area contributed by atoms with Gasteiger partial charge in [-0.15, -0.1) is 5.10 Å². The summed E-state index contributed by atoms with van der Waals surface area (Å²) < 4.78 is 15.6. The van der Waals surface area contributed by atoms with E-state index in [1.165, 1.54) is 0 Å². The van der Waals surface area contributed by atoms with E-state index >= 15 is 0 Å². The lowest BCUT2D eigenvalue weighted by Gasteiger charge is -2.21. The van der Waals surface area contributed by atoms with E-state index in [2.05, 4.69) is 10.3 Å². The molecule has 0 radical (unpaired) electrons. The molecule has 0 fully saturated rings. The molecule has 0 aliphatic heterocycles. The van der Waals surface area contributed by atoms with Crippen molar-refractivity contribution < 1.29 is 4.39 Å². The third-order valence-electron chi connectivity index (χ3n) is 2.21. The average Bonchev–Trinajstić information content (AvgIpc) is 2.51. The number of nitrogens with zero attached hydrogens (tertiary/aromatic N) is 3. The van der Waals surface area contributed by atoms with Crippen LogP contribution in [0.4, 0.5) is 4.39 Å². The zero-order valence-corrected chi connectivity index (χ0v) is 8.70. The lowest BCUT2D eigenvalue weighted by Crippen LogP contribution is -2.35. The van der Waals surface area contributed by atoms with Crippen molar-refractivity contribution >= 4 is 0 Å². The highest BCUT2D eigenvalue weighted by molar-refractivity contribution is 5.00. The molecular formula is C9H17FN4. The molecule has 0 saturated carbocycles. The van der Waals surface area contributed by atoms with E-state index in [1.807, 2.05) is 6.92 Å². The summed E-state index contributed by atoms with van der Waals surface area (Å²) in [5, 5.41) is 7.60. The molecule has 0 spiro atoms. The number of nitrogens with two attached hydrogens (primary N) is 1. The molecule has 0 saturated heterocycles. The van der Waals surface area contributed by atoms with Crippen LogP contribution in [-0.2, 0) is 13.5 Å². The minimum Gasteiger partial charge on any atom is -0.328 e. The molecule has 1 unspecified atom stereocenters. The predicted molar refractivity (Wildman–Crippen MR) is 52.5 cm³/mol. The first-order valence-corrected chi connectivity index (χ1v) is 4.84. The highest BCUT2D eigenvalue weighted by Crippen LogP contribution is 2.21. The van der Waals surface area contributed by atoms with Gasteiger partial charge in [-0.1, -0.05) is 18.6 Å². The van der Waals surface area contributed by atoms with E-state index in [9.17, 15) is 4.39 Å². The maximum absolute atomic E-state index is 14.0. The van der Waals surface area contributed by atoms with Crippen LogP contribution < -0.4 is 5.73 Å². The van der Waals surface area contributed by atoms with Crippen molar-refractivity contribution in [2.45, 2.75) is 31.9 Å². The lowest BCUT2D eigenvalue weighted by atomic mass is 9.95. The predicted octanol–water partition coefficient (Wildman–Crippen LogP) is 0.825. The van der Waals surface area contributed by atoms with Gasteiger partial charge in [0.1, 0.15) is 5.67 Å². The Balaban J connectivity index is 2.64. The minimum absolute atomic E-state index is 0.0391. The Hall–Kier alpha value is -0.970. The van der Waals surface area contributed by atoms with Gasteiger partial charge in [-0.05, 0) is 6.42 Å². The molecule has 1 aromatic rings. The molecule has 5 heteroatoms. The van der Waals surface area contributed by atoms with E-state index in [4.69, 9.17) is 5.73 Å². The number of halogens is 1. The van der Waals surface area contributed by atoms with E-state index in [0.717, 1.165) is 6.42 Å². The van der Waals surface area contributed by atoms with E-state index in [-0.39, 0.29) is 13.0 Å². The largest absolute Gasteiger partial charge is 0.328 e. The van der Waals surface area contributed by atoms with Gasteiger partial charge in [-0.3, -0.25) is 4.68 Å². The van der Waals surface area contributed by atoms with Gasteiger partial charge >= 0.3 is 0 Å². The Kier molecular flexibility index (Phi) is 3.57. The summed E-state index contributed by atoms with van der Waals surface area (Å²) in [6.45, 7) is 1.98. The zero-order valence-electron chi connectivity index (χ0n) is 8.70. The summed E-state index contributed by atoms with van der Waals surface area (Å²) in [6.07, 6.45) is 3.23. The van der Waals surface area contributed by atoms with Crippen molar-refractivity contribution in [3.8, 4) is 0 Å². The van der Waals surface area contributed by atoms with E-state index in [0.29, 0.717) is 12.1 Å². The Morgan fingerprint density at radius 3 is 2.79 bits per heavy atom. The molecule has 2 N–H and O–H groups in total. The SMILES string of the molecule is CCCC(F)(CN)Cc1cn(C)nn1. The first kappa shape index (κ1) is 11.1. The van der Waals surface area contributed by atoms with Crippen LogP contribution in [0, 0.1) is 0 Å². The third kappa shape index (κ3) is 2.77. The molecule has 1 atom stereocenters. The fourth-order valence-corrected chi connectivity index (χ4v) is 1.51. The number of alkyl halides is 1. The Morgan fingerprint density at radius 1 is 1.64 bits per heavy atom. The second-order valence-electron chi connectivity index (χ2n) is 3.67. The number of aromatic nitrogens is 3. The normalized spacial score (nSPS) is 15.4. The van der Waals surface area contributed by atoms with Crippen molar-refractivity contribution in [2.75, 3.05) is 6.54 Å². The molecule has 0 bridgehead atoms. The van der Waals surface area contributed by atoms with E-state index < -0.39 is 5.67 Å². The van der Waals surface area contributed by atoms with Crippen LogP contribution >= 0.6 is 0 Å². The van der Waals surface area contributed by atoms with Gasteiger partial charge in [0.05, 0.1) is 5.69 Å². The summed E-state index contributed by atoms with van der Waals surface area (Å²) in [5.74, 6) is 0. The van der Waals surface area contributed by atoms with Gasteiger partial charge in [0.25, 0.3) is 0 Å². The Bertz CT molecular complexity index is 286. The standard InChI is InChI=1S/C9H17FN4/c1-3-4-9(10,7-11)5-8-6-14(2)13-12-8/h6H,3-5,7,11H2,1-2H3. The van der Waals surface area contributed by atoms with Gasteiger partial charge in [0.2, 0.25) is 0 Å². The molecule has 1 aromatic heterocycles. The van der Waals surface area contributed by atoms with Crippen molar-refractivity contribution in [1.82, 2.24) is 15.0 Å². The van der Waals surface area contributed by atoms with Gasteiger partial charge in [0, 0.05) is 26.2 Å². The summed E-state index contributed by atoms with van der Waals surface area (Å²) in [5.41, 5.74) is 4.75. The number of hydrogen-bond acceptors (Lipinski definition) is 3. The van der Waals surface area contributed by atoms with Crippen molar-refractivity contribution in [2.24, 2.45) is 12.8 Å². The Labute approximate surface area is 83.3 Å². The number of rotatable bonds is 5. The van der Waals surface area contributed by atoms with Crippen LogP contribution in [0.1, 0.15) is 25.5 Å². The minimum atomic E-state index is -1.33. The van der Waals surface area contributed by atoms with Crippen LogP contribution in [0.15, 0.2) is 6.20 Å². The van der Waals surface area contributed by atoms with Crippen LogP contribution in [0.25, 0.3) is 0 Å². The highest BCUT2D eigenvalue weighted by Gasteiger charge is 2.28. The smallest absolute Gasteiger partial charge is 0.128 e. The van der Waals surface area contributed by atoms with Crippen LogP contribution in [0.3, 0.4) is 0 Å². The maximum Gasteiger partial charge on any atom is 0.128 e. The molecule has 0 aliphatic rings. The monoisotopic (exact) mass is 200 g/mol. The van der Waals surface area contributed by atoms with E-state index in [1.54, 1.807) is 17.9 Å². The summed E-state index contributed by atoms with van der Waals surface area (Å²) in [7, 11) is 1.76. The average molecular weight is 200 g/mol. The third-order valence-corrected chi connectivity index (χ3v) is 2.21.